The highest BCUT2D eigenvalue weighted by Crippen LogP contribution is 2.16. The molecule has 1 rings (SSSR count). The normalized spacial score (nSPS) is 12.2. The fraction of sp³-hybridized carbons (Fsp3) is 0.417. The maximum absolute atomic E-state index is 13.0. The van der Waals surface area contributed by atoms with Gasteiger partial charge in [-0.1, -0.05) is 13.0 Å². The maximum atomic E-state index is 13.0. The number of halogens is 1. The molecule has 0 saturated heterocycles. The molecule has 1 N–H and O–H groups in total. The highest BCUT2D eigenvalue weighted by Gasteiger charge is 2.15. The second kappa shape index (κ2) is 5.49. The van der Waals surface area contributed by atoms with Gasteiger partial charge in [-0.3, -0.25) is 4.79 Å². The van der Waals surface area contributed by atoms with E-state index in [4.69, 9.17) is 5.11 Å². The minimum absolute atomic E-state index is 0.307. The second-order valence-corrected chi connectivity index (χ2v) is 3.76. The number of rotatable bonds is 5. The Morgan fingerprint density at radius 1 is 1.56 bits per heavy atom. The third-order valence-electron chi connectivity index (χ3n) is 2.47. The summed E-state index contributed by atoms with van der Waals surface area (Å²) in [6.45, 7) is 4.60. The van der Waals surface area contributed by atoms with Crippen LogP contribution in [0.1, 0.15) is 13.8 Å². The van der Waals surface area contributed by atoms with Crippen LogP contribution in [0.5, 0.6) is 0 Å². The van der Waals surface area contributed by atoms with Crippen LogP contribution in [-0.4, -0.2) is 24.2 Å². The second-order valence-electron chi connectivity index (χ2n) is 3.76. The zero-order chi connectivity index (χ0) is 12.1. The van der Waals surface area contributed by atoms with Crippen LogP contribution in [0.2, 0.25) is 0 Å². The number of benzene rings is 1. The highest BCUT2D eigenvalue weighted by molar-refractivity contribution is 5.70. The Balaban J connectivity index is 2.78. The number of carboxylic acid groups (broad SMARTS) is 1. The molecule has 4 heteroatoms. The Hall–Kier alpha value is -1.58. The lowest BCUT2D eigenvalue weighted by Crippen LogP contribution is -2.31. The molecular formula is C12H16FNO2. The molecule has 1 atom stereocenters. The molecule has 0 saturated carbocycles. The molecule has 16 heavy (non-hydrogen) atoms. The van der Waals surface area contributed by atoms with E-state index in [1.807, 2.05) is 11.8 Å². The molecule has 3 nitrogen and oxygen atoms in total. The van der Waals surface area contributed by atoms with E-state index in [2.05, 4.69) is 0 Å². The van der Waals surface area contributed by atoms with Crippen molar-refractivity contribution in [3.8, 4) is 0 Å². The summed E-state index contributed by atoms with van der Waals surface area (Å²) in [5.74, 6) is -1.61. The van der Waals surface area contributed by atoms with Crippen molar-refractivity contribution in [3.63, 3.8) is 0 Å². The number of aliphatic carboxylic acids is 1. The van der Waals surface area contributed by atoms with Crippen molar-refractivity contribution in [2.45, 2.75) is 13.8 Å². The van der Waals surface area contributed by atoms with Gasteiger partial charge in [-0.05, 0) is 25.1 Å². The number of hydrogen-bond donors (Lipinski definition) is 1. The average Bonchev–Trinajstić information content (AvgIpc) is 2.25. The summed E-state index contributed by atoms with van der Waals surface area (Å²) in [6.07, 6.45) is 0. The summed E-state index contributed by atoms with van der Waals surface area (Å²) < 4.78 is 13.0. The van der Waals surface area contributed by atoms with Gasteiger partial charge >= 0.3 is 5.97 Å². The van der Waals surface area contributed by atoms with Crippen LogP contribution in [0.3, 0.4) is 0 Å². The topological polar surface area (TPSA) is 40.5 Å². The molecular weight excluding hydrogens is 209 g/mol. The molecule has 0 spiro atoms. The summed E-state index contributed by atoms with van der Waals surface area (Å²) >= 11 is 0. The molecule has 0 aliphatic heterocycles. The van der Waals surface area contributed by atoms with Crippen molar-refractivity contribution in [2.24, 2.45) is 5.92 Å². The van der Waals surface area contributed by atoms with Crippen molar-refractivity contribution in [3.05, 3.63) is 30.1 Å². The van der Waals surface area contributed by atoms with Gasteiger partial charge < -0.3 is 10.0 Å². The predicted octanol–water partition coefficient (Wildman–Crippen LogP) is 2.37. The van der Waals surface area contributed by atoms with Gasteiger partial charge in [-0.25, -0.2) is 4.39 Å². The first-order valence-electron chi connectivity index (χ1n) is 5.28. The minimum atomic E-state index is -0.838. The zero-order valence-electron chi connectivity index (χ0n) is 9.48. The van der Waals surface area contributed by atoms with Crippen molar-refractivity contribution < 1.29 is 14.3 Å². The fourth-order valence-corrected chi connectivity index (χ4v) is 1.50. The van der Waals surface area contributed by atoms with Crippen LogP contribution < -0.4 is 4.90 Å². The van der Waals surface area contributed by atoms with Crippen molar-refractivity contribution >= 4 is 11.7 Å². The number of nitrogens with zero attached hydrogens (tertiary/aromatic N) is 1. The molecule has 1 aromatic rings. The Bertz CT molecular complexity index is 368. The Morgan fingerprint density at radius 2 is 2.25 bits per heavy atom. The minimum Gasteiger partial charge on any atom is -0.481 e. The van der Waals surface area contributed by atoms with Gasteiger partial charge in [-0.15, -0.1) is 0 Å². The van der Waals surface area contributed by atoms with E-state index in [1.165, 1.54) is 12.1 Å². The van der Waals surface area contributed by atoms with E-state index >= 15 is 0 Å². The number of carbonyl (C=O) groups is 1. The Morgan fingerprint density at radius 3 is 2.75 bits per heavy atom. The van der Waals surface area contributed by atoms with E-state index < -0.39 is 11.9 Å². The largest absolute Gasteiger partial charge is 0.481 e. The van der Waals surface area contributed by atoms with Gasteiger partial charge in [0.25, 0.3) is 0 Å². The third kappa shape index (κ3) is 3.22. The van der Waals surface area contributed by atoms with Gasteiger partial charge in [0.2, 0.25) is 0 Å². The van der Waals surface area contributed by atoms with Crippen LogP contribution in [0.4, 0.5) is 10.1 Å². The van der Waals surface area contributed by atoms with E-state index in [1.54, 1.807) is 19.1 Å². The molecule has 0 aliphatic rings. The lowest BCUT2D eigenvalue weighted by Gasteiger charge is -2.25. The van der Waals surface area contributed by atoms with E-state index in [0.29, 0.717) is 13.1 Å². The van der Waals surface area contributed by atoms with Crippen LogP contribution in [0, 0.1) is 11.7 Å². The van der Waals surface area contributed by atoms with Gasteiger partial charge in [0.1, 0.15) is 5.82 Å². The first-order valence-corrected chi connectivity index (χ1v) is 5.28. The molecule has 0 aromatic heterocycles. The van der Waals surface area contributed by atoms with Crippen molar-refractivity contribution in [1.29, 1.82) is 0 Å². The molecule has 0 heterocycles. The van der Waals surface area contributed by atoms with Crippen LogP contribution in [0.25, 0.3) is 0 Å². The fourth-order valence-electron chi connectivity index (χ4n) is 1.50. The summed E-state index contributed by atoms with van der Waals surface area (Å²) in [7, 11) is 0. The summed E-state index contributed by atoms with van der Waals surface area (Å²) in [6, 6.07) is 6.19. The Labute approximate surface area is 94.5 Å². The zero-order valence-corrected chi connectivity index (χ0v) is 9.48. The molecule has 0 bridgehead atoms. The maximum Gasteiger partial charge on any atom is 0.308 e. The molecule has 0 aliphatic carbocycles. The molecule has 0 fully saturated rings. The molecule has 1 aromatic carbocycles. The van der Waals surface area contributed by atoms with Crippen molar-refractivity contribution in [1.82, 2.24) is 0 Å². The van der Waals surface area contributed by atoms with Gasteiger partial charge in [0, 0.05) is 18.8 Å². The first-order chi connectivity index (χ1) is 7.54. The molecule has 0 radical (unpaired) electrons. The van der Waals surface area contributed by atoms with Crippen molar-refractivity contribution in [2.75, 3.05) is 18.0 Å². The average molecular weight is 225 g/mol. The molecule has 1 unspecified atom stereocenters. The SMILES string of the molecule is CCN(CC(C)C(=O)O)c1cccc(F)c1. The standard InChI is InChI=1S/C12H16FNO2/c1-3-14(8-9(2)12(15)16)11-6-4-5-10(13)7-11/h4-7,9H,3,8H2,1-2H3,(H,15,16). The van der Waals surface area contributed by atoms with Crippen LogP contribution >= 0.6 is 0 Å². The smallest absolute Gasteiger partial charge is 0.308 e. The van der Waals surface area contributed by atoms with Gasteiger partial charge in [0.15, 0.2) is 0 Å². The highest BCUT2D eigenvalue weighted by atomic mass is 19.1. The summed E-state index contributed by atoms with van der Waals surface area (Å²) in [5.41, 5.74) is 0.718. The Kier molecular flexibility index (Phi) is 4.28. The predicted molar refractivity (Wildman–Crippen MR) is 61.1 cm³/mol. The lowest BCUT2D eigenvalue weighted by atomic mass is 10.1. The number of anilines is 1. The van der Waals surface area contributed by atoms with E-state index in [0.717, 1.165) is 5.69 Å². The number of carboxylic acids is 1. The third-order valence-corrected chi connectivity index (χ3v) is 2.47. The van der Waals surface area contributed by atoms with Gasteiger partial charge in [0.05, 0.1) is 5.92 Å². The molecule has 88 valence electrons. The lowest BCUT2D eigenvalue weighted by molar-refractivity contribution is -0.140. The monoisotopic (exact) mass is 225 g/mol. The van der Waals surface area contributed by atoms with E-state index in [-0.39, 0.29) is 5.82 Å². The van der Waals surface area contributed by atoms with Gasteiger partial charge in [-0.2, -0.15) is 0 Å². The quantitative estimate of drug-likeness (QED) is 0.836. The first kappa shape index (κ1) is 12.5. The summed E-state index contributed by atoms with van der Waals surface area (Å²) in [4.78, 5) is 12.6. The van der Waals surface area contributed by atoms with Crippen LogP contribution in [-0.2, 0) is 4.79 Å². The summed E-state index contributed by atoms with van der Waals surface area (Å²) in [5, 5.41) is 8.83. The molecule has 0 amide bonds. The van der Waals surface area contributed by atoms with Crippen LogP contribution in [0.15, 0.2) is 24.3 Å². The van der Waals surface area contributed by atoms with E-state index in [9.17, 15) is 9.18 Å². The number of hydrogen-bond acceptors (Lipinski definition) is 2.